The first kappa shape index (κ1) is 16.8. The summed E-state index contributed by atoms with van der Waals surface area (Å²) in [7, 11) is 0. The van der Waals surface area contributed by atoms with Gasteiger partial charge >= 0.3 is 0 Å². The van der Waals surface area contributed by atoms with Crippen molar-refractivity contribution in [1.82, 2.24) is 10.2 Å². The number of benzene rings is 1. The fourth-order valence-electron chi connectivity index (χ4n) is 3.12. The van der Waals surface area contributed by atoms with E-state index in [0.29, 0.717) is 18.1 Å². The first-order chi connectivity index (χ1) is 9.99. The van der Waals surface area contributed by atoms with Gasteiger partial charge in [0.1, 0.15) is 0 Å². The Hall–Kier alpha value is -0.570. The van der Waals surface area contributed by atoms with E-state index in [1.165, 1.54) is 18.4 Å². The molecule has 21 heavy (non-hydrogen) atoms. The minimum absolute atomic E-state index is 0.489. The lowest BCUT2D eigenvalue weighted by atomic mass is 10.0. The molecule has 0 spiro atoms. The van der Waals surface area contributed by atoms with Crippen LogP contribution in [0.25, 0.3) is 0 Å². The van der Waals surface area contributed by atoms with Gasteiger partial charge in [0.2, 0.25) is 0 Å². The molecule has 0 saturated heterocycles. The van der Waals surface area contributed by atoms with Crippen molar-refractivity contribution in [3.05, 3.63) is 34.9 Å². The van der Waals surface area contributed by atoms with Crippen molar-refractivity contribution in [2.45, 2.75) is 58.7 Å². The molecule has 1 fully saturated rings. The second kappa shape index (κ2) is 7.62. The molecular formula is C18H29ClN2. The zero-order valence-corrected chi connectivity index (χ0v) is 14.5. The summed E-state index contributed by atoms with van der Waals surface area (Å²) in [5, 5.41) is 4.59. The molecule has 0 aromatic heterocycles. The quantitative estimate of drug-likeness (QED) is 0.760. The van der Waals surface area contributed by atoms with E-state index in [0.717, 1.165) is 24.0 Å². The molecule has 1 atom stereocenters. The molecule has 1 saturated carbocycles. The predicted octanol–water partition coefficient (Wildman–Crippen LogP) is 4.50. The van der Waals surface area contributed by atoms with Crippen molar-refractivity contribution in [2.75, 3.05) is 13.1 Å². The van der Waals surface area contributed by atoms with E-state index in [4.69, 9.17) is 11.6 Å². The first-order valence-electron chi connectivity index (χ1n) is 8.23. The number of hydrogen-bond acceptors (Lipinski definition) is 2. The summed E-state index contributed by atoms with van der Waals surface area (Å²) in [6, 6.07) is 10.0. The molecule has 0 aliphatic heterocycles. The van der Waals surface area contributed by atoms with Gasteiger partial charge in [0.15, 0.2) is 0 Å². The van der Waals surface area contributed by atoms with Crippen LogP contribution in [0.3, 0.4) is 0 Å². The number of halogens is 1. The maximum Gasteiger partial charge on any atom is 0.0406 e. The molecule has 0 radical (unpaired) electrons. The third-order valence-corrected chi connectivity index (χ3v) is 4.64. The fraction of sp³-hybridized carbons (Fsp3) is 0.667. The second-order valence-electron chi connectivity index (χ2n) is 6.75. The van der Waals surface area contributed by atoms with Crippen LogP contribution >= 0.6 is 11.6 Å². The molecule has 1 aliphatic carbocycles. The van der Waals surface area contributed by atoms with Gasteiger partial charge < -0.3 is 5.32 Å². The van der Waals surface area contributed by atoms with Gasteiger partial charge in [-0.2, -0.15) is 0 Å². The molecule has 1 aromatic carbocycles. The minimum Gasteiger partial charge on any atom is -0.308 e. The maximum atomic E-state index is 6.00. The number of nitrogens with zero attached hydrogens (tertiary/aromatic N) is 1. The SMILES string of the molecule is CC(C)N(CCNC(c1ccc(Cl)cc1)C1CC1)C(C)C. The largest absolute Gasteiger partial charge is 0.308 e. The summed E-state index contributed by atoms with van der Waals surface area (Å²) in [5.74, 6) is 0.803. The highest BCUT2D eigenvalue weighted by molar-refractivity contribution is 6.30. The fourth-order valence-corrected chi connectivity index (χ4v) is 3.24. The standard InChI is InChI=1S/C18H29ClN2/c1-13(2)21(14(3)4)12-11-20-18(15-5-6-15)16-7-9-17(19)10-8-16/h7-10,13-15,18,20H,5-6,11-12H2,1-4H3. The summed E-state index contributed by atoms with van der Waals surface area (Å²) < 4.78 is 0. The van der Waals surface area contributed by atoms with Crippen LogP contribution in [0, 0.1) is 5.92 Å². The van der Waals surface area contributed by atoms with Crippen LogP contribution in [0.5, 0.6) is 0 Å². The molecule has 0 amide bonds. The van der Waals surface area contributed by atoms with Crippen LogP contribution in [0.1, 0.15) is 52.1 Å². The smallest absolute Gasteiger partial charge is 0.0406 e. The molecule has 2 rings (SSSR count). The highest BCUT2D eigenvalue weighted by Crippen LogP contribution is 2.41. The molecular weight excluding hydrogens is 280 g/mol. The first-order valence-corrected chi connectivity index (χ1v) is 8.61. The van der Waals surface area contributed by atoms with Crippen molar-refractivity contribution < 1.29 is 0 Å². The van der Waals surface area contributed by atoms with Crippen LogP contribution in [0.15, 0.2) is 24.3 Å². The van der Waals surface area contributed by atoms with Gasteiger partial charge in [0.05, 0.1) is 0 Å². The minimum atomic E-state index is 0.489. The monoisotopic (exact) mass is 308 g/mol. The van der Waals surface area contributed by atoms with Gasteiger partial charge in [-0.1, -0.05) is 23.7 Å². The van der Waals surface area contributed by atoms with Gasteiger partial charge in [-0.25, -0.2) is 0 Å². The Labute approximate surface area is 134 Å². The van der Waals surface area contributed by atoms with Gasteiger partial charge in [-0.3, -0.25) is 4.90 Å². The Morgan fingerprint density at radius 1 is 1.10 bits per heavy atom. The van der Waals surface area contributed by atoms with E-state index in [9.17, 15) is 0 Å². The molecule has 0 heterocycles. The summed E-state index contributed by atoms with van der Waals surface area (Å²) in [4.78, 5) is 2.54. The molecule has 1 aromatic rings. The van der Waals surface area contributed by atoms with Crippen LogP contribution in [0.2, 0.25) is 5.02 Å². The lowest BCUT2D eigenvalue weighted by molar-refractivity contribution is 0.173. The molecule has 3 heteroatoms. The third kappa shape index (κ3) is 4.98. The Balaban J connectivity index is 1.90. The molecule has 0 bridgehead atoms. The van der Waals surface area contributed by atoms with Gasteiger partial charge in [0, 0.05) is 36.2 Å². The van der Waals surface area contributed by atoms with Gasteiger partial charge in [-0.15, -0.1) is 0 Å². The van der Waals surface area contributed by atoms with E-state index in [1.54, 1.807) is 0 Å². The number of nitrogens with one attached hydrogen (secondary N) is 1. The molecule has 2 nitrogen and oxygen atoms in total. The van der Waals surface area contributed by atoms with Crippen molar-refractivity contribution in [1.29, 1.82) is 0 Å². The third-order valence-electron chi connectivity index (χ3n) is 4.38. The second-order valence-corrected chi connectivity index (χ2v) is 7.18. The van der Waals surface area contributed by atoms with Crippen molar-refractivity contribution >= 4 is 11.6 Å². The van der Waals surface area contributed by atoms with E-state index in [1.807, 2.05) is 12.1 Å². The van der Waals surface area contributed by atoms with Crippen LogP contribution in [-0.4, -0.2) is 30.1 Å². The molecule has 1 aliphatic rings. The van der Waals surface area contributed by atoms with E-state index < -0.39 is 0 Å². The van der Waals surface area contributed by atoms with E-state index >= 15 is 0 Å². The van der Waals surface area contributed by atoms with Crippen LogP contribution < -0.4 is 5.32 Å². The molecule has 1 N–H and O–H groups in total. The number of hydrogen-bond donors (Lipinski definition) is 1. The Bertz CT molecular complexity index is 415. The zero-order valence-electron chi connectivity index (χ0n) is 13.8. The average molecular weight is 309 g/mol. The van der Waals surface area contributed by atoms with Crippen molar-refractivity contribution in [2.24, 2.45) is 5.92 Å². The lowest BCUT2D eigenvalue weighted by Gasteiger charge is -2.31. The Kier molecular flexibility index (Phi) is 6.09. The molecule has 1 unspecified atom stereocenters. The van der Waals surface area contributed by atoms with E-state index in [-0.39, 0.29) is 0 Å². The highest BCUT2D eigenvalue weighted by Gasteiger charge is 2.32. The van der Waals surface area contributed by atoms with Crippen LogP contribution in [-0.2, 0) is 0 Å². The summed E-state index contributed by atoms with van der Waals surface area (Å²) in [6.45, 7) is 11.2. The normalized spacial score (nSPS) is 17.0. The van der Waals surface area contributed by atoms with Gasteiger partial charge in [0.25, 0.3) is 0 Å². The van der Waals surface area contributed by atoms with E-state index in [2.05, 4.69) is 50.0 Å². The summed E-state index contributed by atoms with van der Waals surface area (Å²) in [5.41, 5.74) is 1.38. The summed E-state index contributed by atoms with van der Waals surface area (Å²) in [6.07, 6.45) is 2.69. The van der Waals surface area contributed by atoms with Crippen LogP contribution in [0.4, 0.5) is 0 Å². The van der Waals surface area contributed by atoms with Crippen molar-refractivity contribution in [3.63, 3.8) is 0 Å². The summed E-state index contributed by atoms with van der Waals surface area (Å²) >= 11 is 6.00. The lowest BCUT2D eigenvalue weighted by Crippen LogP contribution is -2.42. The maximum absolute atomic E-state index is 6.00. The topological polar surface area (TPSA) is 15.3 Å². The Morgan fingerprint density at radius 3 is 2.14 bits per heavy atom. The highest BCUT2D eigenvalue weighted by atomic mass is 35.5. The molecule has 118 valence electrons. The number of rotatable bonds is 8. The Morgan fingerprint density at radius 2 is 1.67 bits per heavy atom. The average Bonchev–Trinajstić information content (AvgIpc) is 3.24. The van der Waals surface area contributed by atoms with Crippen molar-refractivity contribution in [3.8, 4) is 0 Å². The predicted molar refractivity (Wildman–Crippen MR) is 91.9 cm³/mol. The van der Waals surface area contributed by atoms with Gasteiger partial charge in [-0.05, 0) is 64.2 Å². The zero-order chi connectivity index (χ0) is 15.4.